The minimum absolute atomic E-state index is 1.20. The Hall–Kier alpha value is -1.12. The lowest BCUT2D eigenvalue weighted by Crippen LogP contribution is -1.71. The molecule has 0 saturated heterocycles. The van der Waals surface area contributed by atoms with Crippen LogP contribution in [-0.2, 0) is 4.74 Å². The van der Waals surface area contributed by atoms with E-state index < -0.39 is 0 Å². The minimum Gasteiger partial charge on any atom is -0.452 e. The van der Waals surface area contributed by atoms with Crippen LogP contribution in [0.1, 0.15) is 6.92 Å². The van der Waals surface area contributed by atoms with Crippen LogP contribution >= 0.6 is 0 Å². The summed E-state index contributed by atoms with van der Waals surface area (Å²) in [5, 5.41) is 6.91. The molecule has 0 spiro atoms. The minimum atomic E-state index is 1.20. The van der Waals surface area contributed by atoms with Crippen molar-refractivity contribution in [2.45, 2.75) is 6.92 Å². The monoisotopic (exact) mass is 112 g/mol. The van der Waals surface area contributed by atoms with E-state index in [-0.39, 0.29) is 0 Å². The van der Waals surface area contributed by atoms with E-state index in [0.29, 0.717) is 0 Å². The van der Waals surface area contributed by atoms with Crippen molar-refractivity contribution in [1.82, 2.24) is 0 Å². The molecule has 0 amide bonds. The maximum atomic E-state index is 4.49. The zero-order valence-electron chi connectivity index (χ0n) is 4.74. The third kappa shape index (κ3) is 4.88. The van der Waals surface area contributed by atoms with Crippen molar-refractivity contribution in [3.8, 4) is 0 Å². The highest BCUT2D eigenvalue weighted by Crippen LogP contribution is 1.68. The summed E-state index contributed by atoms with van der Waals surface area (Å²) < 4.78 is 4.49. The molecule has 3 nitrogen and oxygen atoms in total. The molecule has 8 heavy (non-hydrogen) atoms. The summed E-state index contributed by atoms with van der Waals surface area (Å²) in [6, 6.07) is 0. The van der Waals surface area contributed by atoms with Gasteiger partial charge < -0.3 is 4.74 Å². The number of ether oxygens (including phenoxy) is 1. The molecule has 0 aliphatic carbocycles. The van der Waals surface area contributed by atoms with Crippen LogP contribution in [0.5, 0.6) is 0 Å². The Labute approximate surface area is 48.4 Å². The molecule has 0 atom stereocenters. The van der Waals surface area contributed by atoms with Gasteiger partial charge in [0, 0.05) is 6.21 Å². The molecule has 0 N–H and O–H groups in total. The van der Waals surface area contributed by atoms with E-state index in [0.717, 1.165) is 0 Å². The third-order valence-corrected chi connectivity index (χ3v) is 0.386. The Balaban J connectivity index is 3.19. The predicted octanol–water partition coefficient (Wildman–Crippen LogP) is 1.18. The van der Waals surface area contributed by atoms with Gasteiger partial charge in [-0.2, -0.15) is 5.10 Å². The second kappa shape index (κ2) is 5.88. The van der Waals surface area contributed by atoms with Gasteiger partial charge in [0.1, 0.15) is 0 Å². The Bertz CT molecular complexity index is 107. The summed E-state index contributed by atoms with van der Waals surface area (Å²) in [6.07, 6.45) is 4.03. The van der Waals surface area contributed by atoms with E-state index in [1.165, 1.54) is 12.7 Å². The standard InChI is InChI=1S/C5H8N2O/c1-3-6-7-5-8-4-2/h3-5H,2H2,1H3/b6-3+,7-5-. The molecule has 0 radical (unpaired) electrons. The zero-order chi connectivity index (χ0) is 6.24. The normalized spacial score (nSPS) is 10.6. The van der Waals surface area contributed by atoms with E-state index in [1.807, 2.05) is 0 Å². The summed E-state index contributed by atoms with van der Waals surface area (Å²) in [5.41, 5.74) is 0. The molecule has 0 aromatic heterocycles. The van der Waals surface area contributed by atoms with Crippen LogP contribution in [-0.4, -0.2) is 12.6 Å². The van der Waals surface area contributed by atoms with Gasteiger partial charge in [-0.3, -0.25) is 0 Å². The Kier molecular flexibility index (Phi) is 5.06. The molecule has 44 valence electrons. The van der Waals surface area contributed by atoms with E-state index in [9.17, 15) is 0 Å². The van der Waals surface area contributed by atoms with Crippen molar-refractivity contribution < 1.29 is 4.74 Å². The second-order valence-corrected chi connectivity index (χ2v) is 0.897. The Morgan fingerprint density at radius 3 is 2.75 bits per heavy atom. The molecule has 0 aliphatic heterocycles. The topological polar surface area (TPSA) is 34.0 Å². The van der Waals surface area contributed by atoms with Gasteiger partial charge in [0.25, 0.3) is 0 Å². The van der Waals surface area contributed by atoms with Crippen molar-refractivity contribution in [1.29, 1.82) is 0 Å². The first kappa shape index (κ1) is 6.88. The Morgan fingerprint density at radius 2 is 2.25 bits per heavy atom. The first-order valence-corrected chi connectivity index (χ1v) is 2.17. The van der Waals surface area contributed by atoms with E-state index in [4.69, 9.17) is 0 Å². The zero-order valence-corrected chi connectivity index (χ0v) is 4.74. The lowest BCUT2D eigenvalue weighted by Gasteiger charge is -1.79. The molecule has 0 aromatic rings. The van der Waals surface area contributed by atoms with Crippen LogP contribution in [0.4, 0.5) is 0 Å². The molecule has 0 saturated carbocycles. The van der Waals surface area contributed by atoms with Crippen LogP contribution in [0.15, 0.2) is 23.0 Å². The quantitative estimate of drug-likeness (QED) is 0.233. The molecule has 0 aromatic carbocycles. The fourth-order valence-electron chi connectivity index (χ4n) is 0.164. The second-order valence-electron chi connectivity index (χ2n) is 0.897. The molecule has 0 unspecified atom stereocenters. The first-order valence-electron chi connectivity index (χ1n) is 2.17. The van der Waals surface area contributed by atoms with E-state index in [2.05, 4.69) is 21.5 Å². The molecule has 3 heteroatoms. The summed E-state index contributed by atoms with van der Waals surface area (Å²) in [6.45, 7) is 5.06. The fraction of sp³-hybridized carbons (Fsp3) is 0.200. The van der Waals surface area contributed by atoms with Gasteiger partial charge >= 0.3 is 0 Å². The number of rotatable bonds is 3. The van der Waals surface area contributed by atoms with Gasteiger partial charge in [0.05, 0.1) is 6.26 Å². The van der Waals surface area contributed by atoms with Gasteiger partial charge in [0.15, 0.2) is 0 Å². The summed E-state index contributed by atoms with van der Waals surface area (Å²) in [7, 11) is 0. The molecular formula is C5H8N2O. The predicted molar refractivity (Wildman–Crippen MR) is 33.9 cm³/mol. The van der Waals surface area contributed by atoms with Crippen molar-refractivity contribution in [2.24, 2.45) is 10.2 Å². The van der Waals surface area contributed by atoms with Crippen molar-refractivity contribution in [3.05, 3.63) is 12.8 Å². The van der Waals surface area contributed by atoms with Crippen molar-refractivity contribution in [3.63, 3.8) is 0 Å². The molecule has 0 rings (SSSR count). The molecule has 0 fully saturated rings. The van der Waals surface area contributed by atoms with Gasteiger partial charge in [-0.25, -0.2) is 0 Å². The summed E-state index contributed by atoms with van der Waals surface area (Å²) >= 11 is 0. The average molecular weight is 112 g/mol. The fourth-order valence-corrected chi connectivity index (χ4v) is 0.164. The summed E-state index contributed by atoms with van der Waals surface area (Å²) in [4.78, 5) is 0. The van der Waals surface area contributed by atoms with Crippen LogP contribution in [0.3, 0.4) is 0 Å². The lowest BCUT2D eigenvalue weighted by molar-refractivity contribution is 0.494. The summed E-state index contributed by atoms with van der Waals surface area (Å²) in [5.74, 6) is 0. The largest absolute Gasteiger partial charge is 0.452 e. The van der Waals surface area contributed by atoms with Crippen LogP contribution < -0.4 is 0 Å². The van der Waals surface area contributed by atoms with Crippen LogP contribution in [0.2, 0.25) is 0 Å². The van der Waals surface area contributed by atoms with Crippen LogP contribution in [0, 0.1) is 0 Å². The highest BCUT2D eigenvalue weighted by Gasteiger charge is 1.59. The first-order chi connectivity index (χ1) is 3.91. The highest BCUT2D eigenvalue weighted by atomic mass is 16.5. The third-order valence-electron chi connectivity index (χ3n) is 0.386. The van der Waals surface area contributed by atoms with E-state index >= 15 is 0 Å². The number of hydrogen-bond donors (Lipinski definition) is 0. The van der Waals surface area contributed by atoms with Gasteiger partial charge in [-0.05, 0) is 6.92 Å². The highest BCUT2D eigenvalue weighted by molar-refractivity contribution is 5.55. The van der Waals surface area contributed by atoms with Crippen molar-refractivity contribution >= 4 is 12.6 Å². The number of nitrogens with zero attached hydrogens (tertiary/aromatic N) is 2. The number of hydrogen-bond acceptors (Lipinski definition) is 3. The average Bonchev–Trinajstić information content (AvgIpc) is 1.81. The van der Waals surface area contributed by atoms with Crippen molar-refractivity contribution in [2.75, 3.05) is 0 Å². The molecule has 0 heterocycles. The van der Waals surface area contributed by atoms with Gasteiger partial charge in [-0.15, -0.1) is 5.10 Å². The SMILES string of the molecule is C=CO/C=N\N=C\C. The van der Waals surface area contributed by atoms with Gasteiger partial charge in [0.2, 0.25) is 6.40 Å². The van der Waals surface area contributed by atoms with Crippen LogP contribution in [0.25, 0.3) is 0 Å². The molecule has 0 aliphatic rings. The maximum absolute atomic E-state index is 4.49. The molecular weight excluding hydrogens is 104 g/mol. The van der Waals surface area contributed by atoms with E-state index in [1.54, 1.807) is 13.1 Å². The van der Waals surface area contributed by atoms with Gasteiger partial charge in [-0.1, -0.05) is 6.58 Å². The smallest absolute Gasteiger partial charge is 0.200 e. The lowest BCUT2D eigenvalue weighted by atomic mass is 10.9. The molecule has 0 bridgehead atoms. The Morgan fingerprint density at radius 1 is 1.50 bits per heavy atom. The maximum Gasteiger partial charge on any atom is 0.200 e.